The molecule has 0 aliphatic carbocycles. The third kappa shape index (κ3) is 3.46. The number of rotatable bonds is 5. The van der Waals surface area contributed by atoms with E-state index >= 15 is 0 Å². The van der Waals surface area contributed by atoms with E-state index in [1.54, 1.807) is 5.38 Å². The second-order valence-corrected chi connectivity index (χ2v) is 4.64. The molecular formula is C10H17N3O2S. The lowest BCUT2D eigenvalue weighted by atomic mass is 9.99. The maximum atomic E-state index is 11.6. The first-order valence-corrected chi connectivity index (χ1v) is 6.12. The SMILES string of the molecule is CC[C@H](C)[C@H](N)C(=O)NCc1csc(=O)[nH]1. The summed E-state index contributed by atoms with van der Waals surface area (Å²) in [5.41, 5.74) is 6.47. The van der Waals surface area contributed by atoms with Crippen molar-refractivity contribution in [3.8, 4) is 0 Å². The number of thiazole rings is 1. The number of aromatic nitrogens is 1. The van der Waals surface area contributed by atoms with Gasteiger partial charge in [-0.3, -0.25) is 9.59 Å². The molecule has 4 N–H and O–H groups in total. The normalized spacial score (nSPS) is 14.4. The highest BCUT2D eigenvalue weighted by atomic mass is 32.1. The molecule has 0 unspecified atom stereocenters. The van der Waals surface area contributed by atoms with Crippen molar-refractivity contribution < 1.29 is 4.79 Å². The van der Waals surface area contributed by atoms with Gasteiger partial charge in [0, 0.05) is 11.1 Å². The molecule has 0 aliphatic heterocycles. The molecule has 0 radical (unpaired) electrons. The minimum absolute atomic E-state index is 0.115. The Kier molecular flexibility index (Phi) is 4.70. The third-order valence-corrected chi connectivity index (χ3v) is 3.30. The first-order valence-electron chi connectivity index (χ1n) is 5.24. The predicted octanol–water partition coefficient (Wildman–Crippen LogP) is 0.426. The smallest absolute Gasteiger partial charge is 0.304 e. The Morgan fingerprint density at radius 2 is 2.38 bits per heavy atom. The quantitative estimate of drug-likeness (QED) is 0.700. The minimum atomic E-state index is -0.490. The van der Waals surface area contributed by atoms with E-state index < -0.39 is 6.04 Å². The molecule has 90 valence electrons. The van der Waals surface area contributed by atoms with Crippen LogP contribution in [0, 0.1) is 5.92 Å². The van der Waals surface area contributed by atoms with Gasteiger partial charge in [-0.2, -0.15) is 0 Å². The fourth-order valence-electron chi connectivity index (χ4n) is 1.21. The molecule has 0 saturated carbocycles. The van der Waals surface area contributed by atoms with Crippen LogP contribution in [0.25, 0.3) is 0 Å². The molecule has 0 bridgehead atoms. The lowest BCUT2D eigenvalue weighted by Gasteiger charge is -2.17. The van der Waals surface area contributed by atoms with Gasteiger partial charge in [0.2, 0.25) is 5.91 Å². The van der Waals surface area contributed by atoms with Gasteiger partial charge in [0.25, 0.3) is 0 Å². The van der Waals surface area contributed by atoms with Crippen molar-refractivity contribution in [3.63, 3.8) is 0 Å². The van der Waals surface area contributed by atoms with Crippen LogP contribution >= 0.6 is 11.3 Å². The number of hydrogen-bond acceptors (Lipinski definition) is 4. The summed E-state index contributed by atoms with van der Waals surface area (Å²) in [6.45, 7) is 4.26. The van der Waals surface area contributed by atoms with E-state index in [2.05, 4.69) is 10.3 Å². The molecule has 1 rings (SSSR count). The summed E-state index contributed by atoms with van der Waals surface area (Å²) in [4.78, 5) is 25.0. The number of aromatic amines is 1. The fourth-order valence-corrected chi connectivity index (χ4v) is 1.79. The van der Waals surface area contributed by atoms with E-state index in [1.165, 1.54) is 0 Å². The second-order valence-electron chi connectivity index (χ2n) is 3.80. The monoisotopic (exact) mass is 243 g/mol. The molecule has 0 aromatic carbocycles. The van der Waals surface area contributed by atoms with Gasteiger partial charge in [0.15, 0.2) is 0 Å². The summed E-state index contributed by atoms with van der Waals surface area (Å²) in [6.07, 6.45) is 0.865. The molecule has 0 saturated heterocycles. The van der Waals surface area contributed by atoms with Gasteiger partial charge in [0.1, 0.15) is 0 Å². The van der Waals surface area contributed by atoms with Crippen LogP contribution in [-0.4, -0.2) is 16.9 Å². The summed E-state index contributed by atoms with van der Waals surface area (Å²) in [6, 6.07) is -0.490. The van der Waals surface area contributed by atoms with Crippen molar-refractivity contribution in [2.75, 3.05) is 0 Å². The summed E-state index contributed by atoms with van der Waals surface area (Å²) < 4.78 is 0. The standard InChI is InChI=1S/C10H17N3O2S/c1-3-6(2)8(11)9(14)12-4-7-5-16-10(15)13-7/h5-6,8H,3-4,11H2,1-2H3,(H,12,14)(H,13,15)/t6-,8-/m0/s1. The van der Waals surface area contributed by atoms with Crippen LogP contribution < -0.4 is 15.9 Å². The molecule has 0 spiro atoms. The number of amides is 1. The van der Waals surface area contributed by atoms with Gasteiger partial charge in [-0.15, -0.1) is 0 Å². The van der Waals surface area contributed by atoms with Gasteiger partial charge in [-0.1, -0.05) is 31.6 Å². The summed E-state index contributed by atoms with van der Waals surface area (Å²) in [7, 11) is 0. The van der Waals surface area contributed by atoms with E-state index in [0.29, 0.717) is 12.2 Å². The Morgan fingerprint density at radius 1 is 1.69 bits per heavy atom. The van der Waals surface area contributed by atoms with Crippen LogP contribution in [0.1, 0.15) is 26.0 Å². The van der Waals surface area contributed by atoms with Crippen molar-refractivity contribution in [1.29, 1.82) is 0 Å². The predicted molar refractivity (Wildman–Crippen MR) is 64.2 cm³/mol. The number of H-pyrrole nitrogens is 1. The maximum absolute atomic E-state index is 11.6. The third-order valence-electron chi connectivity index (χ3n) is 2.58. The summed E-state index contributed by atoms with van der Waals surface area (Å²) in [5.74, 6) is -0.0251. The Balaban J connectivity index is 2.43. The zero-order valence-corrected chi connectivity index (χ0v) is 10.3. The average molecular weight is 243 g/mol. The van der Waals surface area contributed by atoms with Gasteiger partial charge < -0.3 is 16.0 Å². The van der Waals surface area contributed by atoms with Gasteiger partial charge in [0.05, 0.1) is 12.6 Å². The van der Waals surface area contributed by atoms with Crippen molar-refractivity contribution in [1.82, 2.24) is 10.3 Å². The first-order chi connectivity index (χ1) is 7.54. The fraction of sp³-hybridized carbons (Fsp3) is 0.600. The minimum Gasteiger partial charge on any atom is -0.349 e. The van der Waals surface area contributed by atoms with E-state index in [1.807, 2.05) is 13.8 Å². The molecular weight excluding hydrogens is 226 g/mol. The van der Waals surface area contributed by atoms with Crippen molar-refractivity contribution in [2.45, 2.75) is 32.9 Å². The van der Waals surface area contributed by atoms with Crippen LogP contribution in [0.4, 0.5) is 0 Å². The Morgan fingerprint density at radius 3 is 2.88 bits per heavy atom. The van der Waals surface area contributed by atoms with Crippen LogP contribution in [0.3, 0.4) is 0 Å². The van der Waals surface area contributed by atoms with E-state index in [9.17, 15) is 9.59 Å². The molecule has 16 heavy (non-hydrogen) atoms. The lowest BCUT2D eigenvalue weighted by Crippen LogP contribution is -2.44. The molecule has 1 aromatic heterocycles. The van der Waals surface area contributed by atoms with Crippen molar-refractivity contribution in [3.05, 3.63) is 20.7 Å². The van der Waals surface area contributed by atoms with Crippen LogP contribution in [0.5, 0.6) is 0 Å². The van der Waals surface area contributed by atoms with Crippen LogP contribution in [0.15, 0.2) is 10.2 Å². The number of hydrogen-bond donors (Lipinski definition) is 3. The van der Waals surface area contributed by atoms with E-state index in [-0.39, 0.29) is 16.7 Å². The van der Waals surface area contributed by atoms with Gasteiger partial charge >= 0.3 is 4.87 Å². The number of nitrogens with one attached hydrogen (secondary N) is 2. The largest absolute Gasteiger partial charge is 0.349 e. The lowest BCUT2D eigenvalue weighted by molar-refractivity contribution is -0.123. The maximum Gasteiger partial charge on any atom is 0.304 e. The van der Waals surface area contributed by atoms with Crippen LogP contribution in [0.2, 0.25) is 0 Å². The highest BCUT2D eigenvalue weighted by Gasteiger charge is 2.18. The number of nitrogens with two attached hydrogens (primary N) is 1. The van der Waals surface area contributed by atoms with E-state index in [4.69, 9.17) is 5.73 Å². The first kappa shape index (κ1) is 12.9. The molecule has 1 amide bonds. The second kappa shape index (κ2) is 5.81. The summed E-state index contributed by atoms with van der Waals surface area (Å²) in [5, 5.41) is 4.39. The highest BCUT2D eigenvalue weighted by Crippen LogP contribution is 2.05. The number of carbonyl (C=O) groups excluding carboxylic acids is 1. The molecule has 1 aromatic rings. The summed E-state index contributed by atoms with van der Waals surface area (Å²) >= 11 is 1.08. The van der Waals surface area contributed by atoms with Crippen molar-refractivity contribution >= 4 is 17.2 Å². The molecule has 1 heterocycles. The highest BCUT2D eigenvalue weighted by molar-refractivity contribution is 7.07. The molecule has 0 aliphatic rings. The average Bonchev–Trinajstić information content (AvgIpc) is 2.69. The van der Waals surface area contributed by atoms with E-state index in [0.717, 1.165) is 17.8 Å². The Bertz CT molecular complexity index is 399. The molecule has 5 nitrogen and oxygen atoms in total. The van der Waals surface area contributed by atoms with Gasteiger partial charge in [-0.25, -0.2) is 0 Å². The zero-order valence-electron chi connectivity index (χ0n) is 9.45. The topological polar surface area (TPSA) is 88.0 Å². The molecule has 6 heteroatoms. The Labute approximate surface area is 98.1 Å². The zero-order chi connectivity index (χ0) is 12.1. The number of carbonyl (C=O) groups is 1. The molecule has 2 atom stereocenters. The Hall–Kier alpha value is -1.14. The van der Waals surface area contributed by atoms with Gasteiger partial charge in [-0.05, 0) is 5.92 Å². The molecule has 0 fully saturated rings. The van der Waals surface area contributed by atoms with Crippen LogP contribution in [-0.2, 0) is 11.3 Å². The van der Waals surface area contributed by atoms with Crippen molar-refractivity contribution in [2.24, 2.45) is 11.7 Å².